The third-order valence-electron chi connectivity index (χ3n) is 2.72. The van der Waals surface area contributed by atoms with Crippen molar-refractivity contribution in [3.05, 3.63) is 18.2 Å². The maximum Gasteiger partial charge on any atom is 0.0922 e. The van der Waals surface area contributed by atoms with Gasteiger partial charge in [-0.3, -0.25) is 0 Å². The Labute approximate surface area is 72.6 Å². The second kappa shape index (κ2) is 2.90. The molecule has 0 unspecified atom stereocenters. The molecule has 0 bridgehead atoms. The number of aromatic nitrogens is 2. The van der Waals surface area contributed by atoms with Gasteiger partial charge in [-0.25, -0.2) is 4.98 Å². The summed E-state index contributed by atoms with van der Waals surface area (Å²) in [6, 6.07) is 0. The topological polar surface area (TPSA) is 40.7 Å². The fourth-order valence-electron chi connectivity index (χ4n) is 1.57. The van der Waals surface area contributed by atoms with E-state index in [0.717, 1.165) is 6.54 Å². The number of hydrogen-bond acceptors (Lipinski definition) is 2. The Kier molecular flexibility index (Phi) is 1.89. The molecule has 0 amide bonds. The van der Waals surface area contributed by atoms with Crippen molar-refractivity contribution < 1.29 is 0 Å². The van der Waals surface area contributed by atoms with Crippen molar-refractivity contribution in [2.24, 2.45) is 0 Å². The first-order valence-electron chi connectivity index (χ1n) is 4.51. The van der Waals surface area contributed by atoms with Gasteiger partial charge in [0, 0.05) is 24.0 Å². The maximum absolute atomic E-state index is 3.97. The van der Waals surface area contributed by atoms with Crippen molar-refractivity contribution in [3.8, 4) is 0 Å². The zero-order valence-electron chi connectivity index (χ0n) is 7.43. The predicted octanol–water partition coefficient (Wildman–Crippen LogP) is 1.44. The van der Waals surface area contributed by atoms with Crippen LogP contribution in [0.4, 0.5) is 0 Å². The zero-order valence-corrected chi connectivity index (χ0v) is 7.43. The van der Waals surface area contributed by atoms with Gasteiger partial charge < -0.3 is 10.3 Å². The number of rotatable bonds is 3. The maximum atomic E-state index is 3.97. The summed E-state index contributed by atoms with van der Waals surface area (Å²) in [7, 11) is 0. The Morgan fingerprint density at radius 2 is 2.50 bits per heavy atom. The highest BCUT2D eigenvalue weighted by molar-refractivity contribution is 4.98. The SMILES string of the molecule is CC1(NCc2cnc[nH]2)CCC1. The van der Waals surface area contributed by atoms with Crippen LogP contribution in [0.25, 0.3) is 0 Å². The minimum Gasteiger partial charge on any atom is -0.347 e. The van der Waals surface area contributed by atoms with Crippen LogP contribution in [0.15, 0.2) is 12.5 Å². The van der Waals surface area contributed by atoms with E-state index in [2.05, 4.69) is 22.2 Å². The quantitative estimate of drug-likeness (QED) is 0.711. The number of hydrogen-bond donors (Lipinski definition) is 2. The van der Waals surface area contributed by atoms with E-state index in [1.165, 1.54) is 25.0 Å². The van der Waals surface area contributed by atoms with Crippen molar-refractivity contribution in [2.45, 2.75) is 38.3 Å². The lowest BCUT2D eigenvalue weighted by Gasteiger charge is -2.39. The van der Waals surface area contributed by atoms with Crippen LogP contribution < -0.4 is 5.32 Å². The number of H-pyrrole nitrogens is 1. The minimum absolute atomic E-state index is 0.394. The van der Waals surface area contributed by atoms with Crippen molar-refractivity contribution in [1.82, 2.24) is 15.3 Å². The van der Waals surface area contributed by atoms with Crippen LogP contribution in [0.3, 0.4) is 0 Å². The molecule has 1 aliphatic carbocycles. The molecule has 0 atom stereocenters. The van der Waals surface area contributed by atoms with Gasteiger partial charge in [0.05, 0.1) is 6.33 Å². The van der Waals surface area contributed by atoms with Crippen LogP contribution in [0, 0.1) is 0 Å². The predicted molar refractivity (Wildman–Crippen MR) is 47.7 cm³/mol. The van der Waals surface area contributed by atoms with Gasteiger partial charge in [0.25, 0.3) is 0 Å². The van der Waals surface area contributed by atoms with Crippen molar-refractivity contribution >= 4 is 0 Å². The molecule has 0 spiro atoms. The lowest BCUT2D eigenvalue weighted by Crippen LogP contribution is -2.47. The van der Waals surface area contributed by atoms with E-state index in [-0.39, 0.29) is 0 Å². The summed E-state index contributed by atoms with van der Waals surface area (Å²) < 4.78 is 0. The average molecular weight is 165 g/mol. The largest absolute Gasteiger partial charge is 0.347 e. The van der Waals surface area contributed by atoms with Crippen LogP contribution in [-0.2, 0) is 6.54 Å². The molecule has 2 rings (SSSR count). The third kappa shape index (κ3) is 1.50. The Balaban J connectivity index is 1.82. The lowest BCUT2D eigenvalue weighted by atomic mass is 9.78. The molecular formula is C9H15N3. The fraction of sp³-hybridized carbons (Fsp3) is 0.667. The zero-order chi connectivity index (χ0) is 8.44. The molecule has 1 fully saturated rings. The third-order valence-corrected chi connectivity index (χ3v) is 2.72. The van der Waals surface area contributed by atoms with Crippen LogP contribution >= 0.6 is 0 Å². The van der Waals surface area contributed by atoms with Gasteiger partial charge in [-0.05, 0) is 26.2 Å². The number of nitrogens with zero attached hydrogens (tertiary/aromatic N) is 1. The first kappa shape index (κ1) is 7.80. The van der Waals surface area contributed by atoms with E-state index in [9.17, 15) is 0 Å². The van der Waals surface area contributed by atoms with E-state index >= 15 is 0 Å². The van der Waals surface area contributed by atoms with Crippen LogP contribution in [0.2, 0.25) is 0 Å². The summed E-state index contributed by atoms with van der Waals surface area (Å²) >= 11 is 0. The Morgan fingerprint density at radius 1 is 1.67 bits per heavy atom. The molecule has 0 aromatic carbocycles. The van der Waals surface area contributed by atoms with Gasteiger partial charge in [0.1, 0.15) is 0 Å². The van der Waals surface area contributed by atoms with Crippen molar-refractivity contribution in [3.63, 3.8) is 0 Å². The van der Waals surface area contributed by atoms with E-state index in [1.54, 1.807) is 6.33 Å². The highest BCUT2D eigenvalue weighted by atomic mass is 15.0. The lowest BCUT2D eigenvalue weighted by molar-refractivity contribution is 0.206. The van der Waals surface area contributed by atoms with Crippen LogP contribution in [0.1, 0.15) is 31.9 Å². The fourth-order valence-corrected chi connectivity index (χ4v) is 1.57. The molecule has 1 heterocycles. The summed E-state index contributed by atoms with van der Waals surface area (Å²) in [5, 5.41) is 3.53. The molecule has 0 saturated heterocycles. The van der Waals surface area contributed by atoms with Gasteiger partial charge in [-0.15, -0.1) is 0 Å². The number of aromatic amines is 1. The van der Waals surface area contributed by atoms with E-state index in [0.29, 0.717) is 5.54 Å². The molecule has 0 radical (unpaired) electrons. The van der Waals surface area contributed by atoms with Crippen LogP contribution in [-0.4, -0.2) is 15.5 Å². The molecule has 1 aromatic heterocycles. The number of imidazole rings is 1. The summed E-state index contributed by atoms with van der Waals surface area (Å²) in [5.41, 5.74) is 1.56. The highest BCUT2D eigenvalue weighted by Crippen LogP contribution is 2.30. The van der Waals surface area contributed by atoms with E-state index in [1.807, 2.05) is 6.20 Å². The van der Waals surface area contributed by atoms with E-state index < -0.39 is 0 Å². The molecule has 2 N–H and O–H groups in total. The molecule has 3 nitrogen and oxygen atoms in total. The molecule has 3 heteroatoms. The molecule has 0 aliphatic heterocycles. The minimum atomic E-state index is 0.394. The van der Waals surface area contributed by atoms with Crippen LogP contribution in [0.5, 0.6) is 0 Å². The highest BCUT2D eigenvalue weighted by Gasteiger charge is 2.30. The molecule has 1 aromatic rings. The van der Waals surface area contributed by atoms with Crippen molar-refractivity contribution in [2.75, 3.05) is 0 Å². The summed E-state index contributed by atoms with van der Waals surface area (Å²) in [4.78, 5) is 7.06. The normalized spacial score (nSPS) is 20.4. The van der Waals surface area contributed by atoms with Gasteiger partial charge in [-0.2, -0.15) is 0 Å². The number of nitrogens with one attached hydrogen (secondary N) is 2. The molecular weight excluding hydrogens is 150 g/mol. The molecule has 12 heavy (non-hydrogen) atoms. The van der Waals surface area contributed by atoms with Gasteiger partial charge >= 0.3 is 0 Å². The molecule has 1 saturated carbocycles. The summed E-state index contributed by atoms with van der Waals surface area (Å²) in [5.74, 6) is 0. The summed E-state index contributed by atoms with van der Waals surface area (Å²) in [6.45, 7) is 3.20. The second-order valence-corrected chi connectivity index (χ2v) is 3.84. The second-order valence-electron chi connectivity index (χ2n) is 3.84. The first-order chi connectivity index (χ1) is 5.79. The average Bonchev–Trinajstić information content (AvgIpc) is 2.49. The van der Waals surface area contributed by atoms with E-state index in [4.69, 9.17) is 0 Å². The molecule has 1 aliphatic rings. The summed E-state index contributed by atoms with van der Waals surface area (Å²) in [6.07, 6.45) is 7.57. The molecule has 66 valence electrons. The first-order valence-corrected chi connectivity index (χ1v) is 4.51. The van der Waals surface area contributed by atoms with Gasteiger partial charge in [0.2, 0.25) is 0 Å². The van der Waals surface area contributed by atoms with Gasteiger partial charge in [0.15, 0.2) is 0 Å². The Bertz CT molecular complexity index is 236. The Hall–Kier alpha value is -0.830. The standard InChI is InChI=1S/C9H15N3/c1-9(3-2-4-9)12-6-8-5-10-7-11-8/h5,7,12H,2-4,6H2,1H3,(H,10,11). The Morgan fingerprint density at radius 3 is 3.00 bits per heavy atom. The van der Waals surface area contributed by atoms with Crippen molar-refractivity contribution in [1.29, 1.82) is 0 Å². The smallest absolute Gasteiger partial charge is 0.0922 e. The van der Waals surface area contributed by atoms with Gasteiger partial charge in [-0.1, -0.05) is 0 Å². The monoisotopic (exact) mass is 165 g/mol.